The Kier molecular flexibility index (Phi) is 5.72. The first-order chi connectivity index (χ1) is 10.3. The van der Waals surface area contributed by atoms with Crippen LogP contribution in [0.15, 0.2) is 66.6 Å². The van der Waals surface area contributed by atoms with E-state index in [-0.39, 0.29) is 26.7 Å². The molecular weight excluding hydrogens is 282 g/mol. The van der Waals surface area contributed by atoms with Gasteiger partial charge in [-0.25, -0.2) is 0 Å². The standard InChI is InChI=1S/C16H17NO3Si/c18-17(19)16-9-5-4-8-15(16)12-20-10-11-21-13-14-6-2-1-3-7-14/h1-11H,12-13,21H2. The van der Waals surface area contributed by atoms with Crippen molar-refractivity contribution in [3.63, 3.8) is 0 Å². The van der Waals surface area contributed by atoms with E-state index in [1.807, 2.05) is 18.2 Å². The zero-order valence-corrected chi connectivity index (χ0v) is 13.1. The summed E-state index contributed by atoms with van der Waals surface area (Å²) in [6, 6.07) is 18.1. The largest absolute Gasteiger partial charge is 0.497 e. The molecule has 0 saturated carbocycles. The number of para-hydroxylation sites is 1. The number of nitro benzene ring substituents is 1. The van der Waals surface area contributed by atoms with E-state index < -0.39 is 0 Å². The van der Waals surface area contributed by atoms with E-state index in [1.54, 1.807) is 24.5 Å². The molecule has 0 saturated heterocycles. The molecule has 0 amide bonds. The summed E-state index contributed by atoms with van der Waals surface area (Å²) in [5, 5.41) is 10.9. The van der Waals surface area contributed by atoms with Gasteiger partial charge in [0.15, 0.2) is 0 Å². The number of hydrogen-bond acceptors (Lipinski definition) is 3. The lowest BCUT2D eigenvalue weighted by Gasteiger charge is -2.02. The third-order valence-corrected chi connectivity index (χ3v) is 4.45. The summed E-state index contributed by atoms with van der Waals surface area (Å²) in [7, 11) is -0.352. The predicted molar refractivity (Wildman–Crippen MR) is 85.7 cm³/mol. The van der Waals surface area contributed by atoms with Gasteiger partial charge in [-0.05, 0) is 12.1 Å². The minimum atomic E-state index is -0.382. The van der Waals surface area contributed by atoms with Crippen molar-refractivity contribution in [3.8, 4) is 0 Å². The van der Waals surface area contributed by atoms with Crippen LogP contribution in [-0.2, 0) is 17.4 Å². The highest BCUT2D eigenvalue weighted by atomic mass is 28.2. The number of nitrogens with zero attached hydrogens (tertiary/aromatic N) is 1. The number of hydrogen-bond donors (Lipinski definition) is 0. The third kappa shape index (κ3) is 4.89. The van der Waals surface area contributed by atoms with E-state index in [9.17, 15) is 10.1 Å². The van der Waals surface area contributed by atoms with Gasteiger partial charge in [-0.15, -0.1) is 0 Å². The van der Waals surface area contributed by atoms with E-state index in [0.29, 0.717) is 5.56 Å². The van der Waals surface area contributed by atoms with Crippen molar-refractivity contribution in [2.24, 2.45) is 0 Å². The summed E-state index contributed by atoms with van der Waals surface area (Å²) in [6.07, 6.45) is 1.67. The Hall–Kier alpha value is -2.40. The van der Waals surface area contributed by atoms with Gasteiger partial charge < -0.3 is 4.74 Å². The lowest BCUT2D eigenvalue weighted by molar-refractivity contribution is -0.385. The summed E-state index contributed by atoms with van der Waals surface area (Å²) < 4.78 is 5.40. The van der Waals surface area contributed by atoms with Gasteiger partial charge in [-0.3, -0.25) is 10.1 Å². The molecule has 0 spiro atoms. The summed E-state index contributed by atoms with van der Waals surface area (Å²) >= 11 is 0. The second-order valence-corrected chi connectivity index (χ2v) is 6.14. The second kappa shape index (κ2) is 8.01. The van der Waals surface area contributed by atoms with Crippen LogP contribution in [0.4, 0.5) is 5.69 Å². The molecule has 0 aliphatic rings. The van der Waals surface area contributed by atoms with Crippen LogP contribution in [-0.4, -0.2) is 14.4 Å². The minimum absolute atomic E-state index is 0.104. The fourth-order valence-electron chi connectivity index (χ4n) is 1.98. The Morgan fingerprint density at radius 3 is 2.57 bits per heavy atom. The van der Waals surface area contributed by atoms with Crippen LogP contribution in [0.25, 0.3) is 0 Å². The molecule has 2 aromatic rings. The predicted octanol–water partition coefficient (Wildman–Crippen LogP) is 2.95. The van der Waals surface area contributed by atoms with Crippen LogP contribution in [0.5, 0.6) is 0 Å². The van der Waals surface area contributed by atoms with Crippen LogP contribution in [0.2, 0.25) is 0 Å². The molecule has 2 rings (SSSR count). The number of nitro groups is 1. The Morgan fingerprint density at radius 1 is 1.10 bits per heavy atom. The van der Waals surface area contributed by atoms with Crippen molar-refractivity contribution in [2.75, 3.05) is 0 Å². The van der Waals surface area contributed by atoms with E-state index in [0.717, 1.165) is 6.04 Å². The summed E-state index contributed by atoms with van der Waals surface area (Å²) in [5.41, 5.74) is 4.11. The van der Waals surface area contributed by atoms with Crippen molar-refractivity contribution >= 4 is 15.2 Å². The van der Waals surface area contributed by atoms with Crippen molar-refractivity contribution < 1.29 is 9.66 Å². The average Bonchev–Trinajstić information content (AvgIpc) is 2.52. The van der Waals surface area contributed by atoms with Gasteiger partial charge in [0, 0.05) is 6.07 Å². The van der Waals surface area contributed by atoms with Crippen LogP contribution < -0.4 is 0 Å². The van der Waals surface area contributed by atoms with Crippen molar-refractivity contribution in [1.29, 1.82) is 0 Å². The third-order valence-electron chi connectivity index (χ3n) is 3.06. The lowest BCUT2D eigenvalue weighted by Crippen LogP contribution is -1.96. The molecule has 0 unspecified atom stereocenters. The quantitative estimate of drug-likeness (QED) is 0.342. The van der Waals surface area contributed by atoms with E-state index >= 15 is 0 Å². The Bertz CT molecular complexity index is 614. The number of benzene rings is 2. The van der Waals surface area contributed by atoms with Crippen LogP contribution in [0, 0.1) is 10.1 Å². The minimum Gasteiger partial charge on any atom is -0.497 e. The van der Waals surface area contributed by atoms with E-state index in [2.05, 4.69) is 17.8 Å². The molecule has 0 fully saturated rings. The molecule has 2 aromatic carbocycles. The zero-order valence-electron chi connectivity index (χ0n) is 11.6. The lowest BCUT2D eigenvalue weighted by atomic mass is 10.2. The fourth-order valence-corrected chi connectivity index (χ4v) is 3.09. The zero-order chi connectivity index (χ0) is 14.9. The Labute approximate surface area is 126 Å². The van der Waals surface area contributed by atoms with Crippen molar-refractivity contribution in [3.05, 3.63) is 87.8 Å². The molecule has 0 aliphatic heterocycles. The van der Waals surface area contributed by atoms with Crippen molar-refractivity contribution in [1.82, 2.24) is 0 Å². The molecule has 0 aliphatic carbocycles. The maximum atomic E-state index is 10.9. The van der Waals surface area contributed by atoms with Gasteiger partial charge in [0.2, 0.25) is 0 Å². The maximum absolute atomic E-state index is 10.9. The molecule has 0 N–H and O–H groups in total. The summed E-state index contributed by atoms with van der Waals surface area (Å²) in [6.45, 7) is 0.230. The Morgan fingerprint density at radius 2 is 1.81 bits per heavy atom. The topological polar surface area (TPSA) is 52.4 Å². The molecule has 5 heteroatoms. The van der Waals surface area contributed by atoms with Gasteiger partial charge in [-0.2, -0.15) is 0 Å². The molecule has 0 heterocycles. The monoisotopic (exact) mass is 299 g/mol. The molecule has 0 aromatic heterocycles. The molecule has 4 nitrogen and oxygen atoms in total. The first-order valence-electron chi connectivity index (χ1n) is 6.80. The highest BCUT2D eigenvalue weighted by Crippen LogP contribution is 2.18. The van der Waals surface area contributed by atoms with E-state index in [4.69, 9.17) is 4.74 Å². The van der Waals surface area contributed by atoms with Gasteiger partial charge in [0.25, 0.3) is 5.69 Å². The SMILES string of the molecule is O=[N+]([O-])c1ccccc1COC=C[SiH2]Cc1ccccc1. The molecule has 0 atom stereocenters. The second-order valence-electron chi connectivity index (χ2n) is 4.59. The first kappa shape index (κ1) is 15.0. The summed E-state index contributed by atoms with van der Waals surface area (Å²) in [4.78, 5) is 10.5. The van der Waals surface area contributed by atoms with Crippen LogP contribution in [0.1, 0.15) is 11.1 Å². The van der Waals surface area contributed by atoms with Gasteiger partial charge in [0.1, 0.15) is 6.61 Å². The fraction of sp³-hybridized carbons (Fsp3) is 0.125. The molecule has 0 bridgehead atoms. The highest BCUT2D eigenvalue weighted by molar-refractivity contribution is 6.41. The number of ether oxygens (including phenoxy) is 1. The normalized spacial score (nSPS) is 11.2. The molecular formula is C16H17NO3Si. The van der Waals surface area contributed by atoms with Crippen molar-refractivity contribution in [2.45, 2.75) is 12.7 Å². The first-order valence-corrected chi connectivity index (χ1v) is 8.62. The Balaban J connectivity index is 1.77. The van der Waals surface area contributed by atoms with Gasteiger partial charge in [0.05, 0.1) is 26.3 Å². The van der Waals surface area contributed by atoms with Gasteiger partial charge >= 0.3 is 0 Å². The highest BCUT2D eigenvalue weighted by Gasteiger charge is 2.11. The summed E-state index contributed by atoms with van der Waals surface area (Å²) in [5.74, 6) is 0. The molecule has 21 heavy (non-hydrogen) atoms. The average molecular weight is 299 g/mol. The smallest absolute Gasteiger partial charge is 0.276 e. The number of rotatable bonds is 7. The molecule has 108 valence electrons. The molecule has 0 radical (unpaired) electrons. The van der Waals surface area contributed by atoms with Gasteiger partial charge in [-0.1, -0.05) is 53.7 Å². The van der Waals surface area contributed by atoms with Crippen LogP contribution >= 0.6 is 0 Å². The van der Waals surface area contributed by atoms with E-state index in [1.165, 1.54) is 11.6 Å². The van der Waals surface area contributed by atoms with Crippen LogP contribution in [0.3, 0.4) is 0 Å². The maximum Gasteiger partial charge on any atom is 0.276 e.